The van der Waals surface area contributed by atoms with Crippen molar-refractivity contribution in [2.75, 3.05) is 6.61 Å². The van der Waals surface area contributed by atoms with Gasteiger partial charge >= 0.3 is 0 Å². The van der Waals surface area contributed by atoms with E-state index >= 15 is 0 Å². The van der Waals surface area contributed by atoms with Crippen molar-refractivity contribution in [3.8, 4) is 0 Å². The molecule has 0 spiro atoms. The monoisotopic (exact) mass is 313 g/mol. The maximum Gasteiger partial charge on any atom is 0.0894 e. The Kier molecular flexibility index (Phi) is 15.2. The molecule has 3 unspecified atom stereocenters. The zero-order chi connectivity index (χ0) is 16.6. The van der Waals surface area contributed by atoms with Gasteiger partial charge < -0.3 is 15.9 Å². The molecule has 0 aromatic carbocycles. The van der Waals surface area contributed by atoms with Crippen molar-refractivity contribution in [2.45, 2.75) is 96.6 Å². The number of rotatable bonds is 15. The van der Waals surface area contributed by atoms with Gasteiger partial charge in [0, 0.05) is 0 Å². The van der Waals surface area contributed by atoms with Crippen LogP contribution in [-0.4, -0.2) is 29.0 Å². The number of aliphatic hydroxyl groups is 2. The fourth-order valence-corrected chi connectivity index (χ4v) is 2.66. The molecule has 0 rings (SSSR count). The molecular formula is C19H39NO2. The van der Waals surface area contributed by atoms with Crippen LogP contribution in [0.25, 0.3) is 0 Å². The van der Waals surface area contributed by atoms with E-state index in [1.54, 1.807) is 6.08 Å². The predicted octanol–water partition coefficient (Wildman–Crippen LogP) is 4.17. The number of hydrogen-bond donors (Lipinski definition) is 3. The molecule has 0 aromatic heterocycles. The minimum atomic E-state index is -0.727. The molecule has 0 bridgehead atoms. The molecule has 22 heavy (non-hydrogen) atoms. The van der Waals surface area contributed by atoms with Crippen LogP contribution >= 0.6 is 0 Å². The SMILES string of the molecule is CCCCCCCCCC(C)CCC/C=C/C(O)C(N)CO. The number of allylic oxidation sites excluding steroid dienone is 1. The zero-order valence-electron chi connectivity index (χ0n) is 14.8. The summed E-state index contributed by atoms with van der Waals surface area (Å²) in [6.45, 7) is 4.43. The quantitative estimate of drug-likeness (QED) is 0.314. The average molecular weight is 314 g/mol. The van der Waals surface area contributed by atoms with Gasteiger partial charge in [-0.3, -0.25) is 0 Å². The second-order valence-electron chi connectivity index (χ2n) is 6.71. The van der Waals surface area contributed by atoms with Crippen LogP contribution in [-0.2, 0) is 0 Å². The Labute approximate surface area is 138 Å². The first kappa shape index (κ1) is 21.6. The highest BCUT2D eigenvalue weighted by Crippen LogP contribution is 2.17. The Hall–Kier alpha value is -0.380. The van der Waals surface area contributed by atoms with E-state index in [0.29, 0.717) is 0 Å². The van der Waals surface area contributed by atoms with Crippen LogP contribution in [0.15, 0.2) is 12.2 Å². The molecule has 4 N–H and O–H groups in total. The normalized spacial score (nSPS) is 16.0. The lowest BCUT2D eigenvalue weighted by Crippen LogP contribution is -2.36. The van der Waals surface area contributed by atoms with Gasteiger partial charge in [-0.2, -0.15) is 0 Å². The van der Waals surface area contributed by atoms with Crippen LogP contribution in [0.2, 0.25) is 0 Å². The Morgan fingerprint density at radius 2 is 1.55 bits per heavy atom. The van der Waals surface area contributed by atoms with Gasteiger partial charge in [-0.15, -0.1) is 0 Å². The molecule has 3 nitrogen and oxygen atoms in total. The molecule has 0 radical (unpaired) electrons. The van der Waals surface area contributed by atoms with E-state index in [0.717, 1.165) is 18.8 Å². The Balaban J connectivity index is 3.42. The van der Waals surface area contributed by atoms with Crippen LogP contribution in [0, 0.1) is 5.92 Å². The van der Waals surface area contributed by atoms with Crippen molar-refractivity contribution >= 4 is 0 Å². The van der Waals surface area contributed by atoms with Crippen LogP contribution in [0.4, 0.5) is 0 Å². The minimum absolute atomic E-state index is 0.180. The number of nitrogens with two attached hydrogens (primary N) is 1. The van der Waals surface area contributed by atoms with Gasteiger partial charge in [-0.05, 0) is 18.8 Å². The van der Waals surface area contributed by atoms with Crippen molar-refractivity contribution in [2.24, 2.45) is 11.7 Å². The maximum atomic E-state index is 9.58. The molecule has 0 heterocycles. The number of aliphatic hydroxyl groups excluding tert-OH is 2. The second-order valence-corrected chi connectivity index (χ2v) is 6.71. The Morgan fingerprint density at radius 3 is 2.18 bits per heavy atom. The molecule has 0 aliphatic carbocycles. The molecular weight excluding hydrogens is 274 g/mol. The van der Waals surface area contributed by atoms with Crippen LogP contribution < -0.4 is 5.73 Å². The van der Waals surface area contributed by atoms with E-state index in [4.69, 9.17) is 10.8 Å². The van der Waals surface area contributed by atoms with Gasteiger partial charge in [-0.25, -0.2) is 0 Å². The van der Waals surface area contributed by atoms with Gasteiger partial charge in [-0.1, -0.05) is 83.8 Å². The van der Waals surface area contributed by atoms with Crippen LogP contribution in [0.5, 0.6) is 0 Å². The summed E-state index contributed by atoms with van der Waals surface area (Å²) in [4.78, 5) is 0. The van der Waals surface area contributed by atoms with Crippen LogP contribution in [0.1, 0.15) is 84.5 Å². The third-order valence-electron chi connectivity index (χ3n) is 4.35. The van der Waals surface area contributed by atoms with Crippen LogP contribution in [0.3, 0.4) is 0 Å². The summed E-state index contributed by atoms with van der Waals surface area (Å²) in [5, 5.41) is 18.4. The van der Waals surface area contributed by atoms with E-state index in [9.17, 15) is 5.11 Å². The standard InChI is InChI=1S/C19H39NO2/c1-3-4-5-6-7-8-10-13-17(2)14-11-9-12-15-19(22)18(20)16-21/h12,15,17-19,21-22H,3-11,13-14,16,20H2,1-2H3/b15-12+. The molecule has 0 saturated carbocycles. The first-order valence-corrected chi connectivity index (χ1v) is 9.33. The maximum absolute atomic E-state index is 9.58. The van der Waals surface area contributed by atoms with E-state index in [-0.39, 0.29) is 6.61 Å². The average Bonchev–Trinajstić information content (AvgIpc) is 2.52. The van der Waals surface area contributed by atoms with Crippen molar-refractivity contribution in [1.82, 2.24) is 0 Å². The summed E-state index contributed by atoms with van der Waals surface area (Å²) in [5.41, 5.74) is 5.53. The molecule has 0 aliphatic heterocycles. The van der Waals surface area contributed by atoms with E-state index < -0.39 is 12.1 Å². The second kappa shape index (κ2) is 15.5. The molecule has 0 aliphatic rings. The summed E-state index contributed by atoms with van der Waals surface area (Å²) in [7, 11) is 0. The number of hydrogen-bond acceptors (Lipinski definition) is 3. The smallest absolute Gasteiger partial charge is 0.0894 e. The lowest BCUT2D eigenvalue weighted by Gasteiger charge is -2.12. The fraction of sp³-hybridized carbons (Fsp3) is 0.895. The lowest BCUT2D eigenvalue weighted by molar-refractivity contribution is 0.144. The van der Waals surface area contributed by atoms with Gasteiger partial charge in [0.15, 0.2) is 0 Å². The molecule has 0 aromatic rings. The van der Waals surface area contributed by atoms with E-state index in [2.05, 4.69) is 13.8 Å². The third-order valence-corrected chi connectivity index (χ3v) is 4.35. The van der Waals surface area contributed by atoms with Crippen molar-refractivity contribution in [3.63, 3.8) is 0 Å². The Bertz CT molecular complexity index is 256. The first-order chi connectivity index (χ1) is 10.6. The van der Waals surface area contributed by atoms with Gasteiger partial charge in [0.1, 0.15) is 0 Å². The van der Waals surface area contributed by atoms with Crippen molar-refractivity contribution in [3.05, 3.63) is 12.2 Å². The van der Waals surface area contributed by atoms with E-state index in [1.807, 2.05) is 6.08 Å². The van der Waals surface area contributed by atoms with Crippen molar-refractivity contribution < 1.29 is 10.2 Å². The highest BCUT2D eigenvalue weighted by Gasteiger charge is 2.08. The minimum Gasteiger partial charge on any atom is -0.395 e. The molecule has 0 fully saturated rings. The summed E-state index contributed by atoms with van der Waals surface area (Å²) >= 11 is 0. The van der Waals surface area contributed by atoms with E-state index in [1.165, 1.54) is 57.8 Å². The Morgan fingerprint density at radius 1 is 0.955 bits per heavy atom. The molecule has 3 heteroatoms. The third kappa shape index (κ3) is 13.3. The fourth-order valence-electron chi connectivity index (χ4n) is 2.66. The van der Waals surface area contributed by atoms with Gasteiger partial charge in [0.25, 0.3) is 0 Å². The highest BCUT2D eigenvalue weighted by molar-refractivity contribution is 4.93. The number of unbranched alkanes of at least 4 members (excludes halogenated alkanes) is 7. The zero-order valence-corrected chi connectivity index (χ0v) is 14.8. The first-order valence-electron chi connectivity index (χ1n) is 9.33. The molecule has 3 atom stereocenters. The summed E-state index contributed by atoms with van der Waals surface area (Å²) < 4.78 is 0. The summed E-state index contributed by atoms with van der Waals surface area (Å²) in [6.07, 6.45) is 17.4. The van der Waals surface area contributed by atoms with Crippen molar-refractivity contribution in [1.29, 1.82) is 0 Å². The molecule has 132 valence electrons. The predicted molar refractivity (Wildman–Crippen MR) is 95.8 cm³/mol. The largest absolute Gasteiger partial charge is 0.395 e. The topological polar surface area (TPSA) is 66.5 Å². The molecule has 0 saturated heterocycles. The molecule has 0 amide bonds. The summed E-state index contributed by atoms with van der Waals surface area (Å²) in [6, 6.07) is -0.563. The van der Waals surface area contributed by atoms with Gasteiger partial charge in [0.2, 0.25) is 0 Å². The highest BCUT2D eigenvalue weighted by atomic mass is 16.3. The lowest BCUT2D eigenvalue weighted by atomic mass is 9.96. The summed E-state index contributed by atoms with van der Waals surface area (Å²) in [5.74, 6) is 0.800. The van der Waals surface area contributed by atoms with Gasteiger partial charge in [0.05, 0.1) is 18.8 Å².